The Morgan fingerprint density at radius 2 is 2.00 bits per heavy atom. The first-order valence-electron chi connectivity index (χ1n) is 8.53. The highest BCUT2D eigenvalue weighted by Crippen LogP contribution is 2.52. The van der Waals surface area contributed by atoms with E-state index < -0.39 is 10.1 Å². The summed E-state index contributed by atoms with van der Waals surface area (Å²) < 4.78 is 39.3. The molecule has 3 aliphatic heterocycles. The molecule has 0 spiro atoms. The molecule has 2 fully saturated rings. The number of hydrogen-bond donors (Lipinski definition) is 0. The number of hydrogen-bond acceptors (Lipinski definition) is 6. The zero-order valence-corrected chi connectivity index (χ0v) is 14.4. The van der Waals surface area contributed by atoms with Crippen LogP contribution >= 0.6 is 0 Å². The Kier molecular flexibility index (Phi) is 3.18. The molecule has 130 valence electrons. The van der Waals surface area contributed by atoms with Gasteiger partial charge in [-0.2, -0.15) is 8.42 Å². The van der Waals surface area contributed by atoms with Gasteiger partial charge in [0, 0.05) is 25.0 Å². The predicted molar refractivity (Wildman–Crippen MR) is 86.6 cm³/mol. The van der Waals surface area contributed by atoms with Crippen molar-refractivity contribution in [3.8, 4) is 11.5 Å². The second-order valence-electron chi connectivity index (χ2n) is 7.41. The number of rotatable bonds is 2. The Labute approximate surface area is 141 Å². The molecule has 0 radical (unpaired) electrons. The molecule has 1 aliphatic carbocycles. The maximum Gasteiger partial charge on any atom is 0.264 e. The highest BCUT2D eigenvalue weighted by atomic mass is 32.2. The maximum atomic E-state index is 11.5. The van der Waals surface area contributed by atoms with Gasteiger partial charge >= 0.3 is 0 Å². The first-order valence-corrected chi connectivity index (χ1v) is 10.3. The Morgan fingerprint density at radius 3 is 2.79 bits per heavy atom. The normalized spacial score (nSPS) is 36.3. The summed E-state index contributed by atoms with van der Waals surface area (Å²) in [4.78, 5) is 2.55. The second kappa shape index (κ2) is 5.09. The molecule has 5 rings (SSSR count). The first-order chi connectivity index (χ1) is 11.5. The van der Waals surface area contributed by atoms with Gasteiger partial charge in [0.25, 0.3) is 10.1 Å². The molecule has 0 amide bonds. The van der Waals surface area contributed by atoms with E-state index in [-0.39, 0.29) is 6.10 Å². The standard InChI is InChI=1S/C17H21NO5S/c1-24(19,20)23-11-2-3-15-13(5-11)14-8-18(15)7-10-4-16-17(6-12(10)14)22-9-21-16/h4,6,11,13-15H,2-3,5,7-9H2,1H3/t11-,13-,14-,15-/m0/s1. The van der Waals surface area contributed by atoms with Gasteiger partial charge < -0.3 is 9.47 Å². The largest absolute Gasteiger partial charge is 0.454 e. The molecule has 2 bridgehead atoms. The third kappa shape index (κ3) is 2.33. The quantitative estimate of drug-likeness (QED) is 0.758. The number of benzene rings is 1. The van der Waals surface area contributed by atoms with Crippen LogP contribution in [0, 0.1) is 5.92 Å². The van der Waals surface area contributed by atoms with Crippen molar-refractivity contribution in [1.29, 1.82) is 0 Å². The van der Waals surface area contributed by atoms with Crippen molar-refractivity contribution in [2.75, 3.05) is 19.6 Å². The third-order valence-electron chi connectivity index (χ3n) is 5.95. The average Bonchev–Trinajstić information content (AvgIpc) is 3.07. The lowest BCUT2D eigenvalue weighted by molar-refractivity contribution is 0.0888. The SMILES string of the molecule is CS(=O)(=O)O[C@H]1CC[C@H]2[C@@H](C1)[C@H]1CN2Cc2cc3c(cc21)OCO3. The van der Waals surface area contributed by atoms with E-state index in [1.54, 1.807) is 0 Å². The van der Waals surface area contributed by atoms with Gasteiger partial charge in [-0.1, -0.05) is 0 Å². The summed E-state index contributed by atoms with van der Waals surface area (Å²) in [6.45, 7) is 2.29. The van der Waals surface area contributed by atoms with Crippen LogP contribution in [0.15, 0.2) is 12.1 Å². The number of nitrogens with zero attached hydrogens (tertiary/aromatic N) is 1. The molecule has 0 N–H and O–H groups in total. The fourth-order valence-corrected chi connectivity index (χ4v) is 5.77. The van der Waals surface area contributed by atoms with E-state index in [0.29, 0.717) is 24.7 Å². The molecular weight excluding hydrogens is 330 g/mol. The van der Waals surface area contributed by atoms with E-state index >= 15 is 0 Å². The molecule has 4 aliphatic rings. The van der Waals surface area contributed by atoms with Gasteiger partial charge in [-0.15, -0.1) is 0 Å². The summed E-state index contributed by atoms with van der Waals surface area (Å²) >= 11 is 0. The van der Waals surface area contributed by atoms with Crippen LogP contribution in [-0.4, -0.2) is 45.1 Å². The zero-order valence-electron chi connectivity index (χ0n) is 13.6. The molecule has 24 heavy (non-hydrogen) atoms. The smallest absolute Gasteiger partial charge is 0.264 e. The lowest BCUT2D eigenvalue weighted by Gasteiger charge is -2.34. The molecule has 1 aromatic rings. The minimum Gasteiger partial charge on any atom is -0.454 e. The average molecular weight is 351 g/mol. The maximum absolute atomic E-state index is 11.5. The lowest BCUT2D eigenvalue weighted by atomic mass is 9.75. The topological polar surface area (TPSA) is 65.1 Å². The van der Waals surface area contributed by atoms with Gasteiger partial charge in [-0.3, -0.25) is 9.08 Å². The summed E-state index contributed by atoms with van der Waals surface area (Å²) in [6, 6.07) is 4.79. The second-order valence-corrected chi connectivity index (χ2v) is 9.01. The van der Waals surface area contributed by atoms with E-state index in [4.69, 9.17) is 13.7 Å². The fourth-order valence-electron chi connectivity index (χ4n) is 5.10. The lowest BCUT2D eigenvalue weighted by Crippen LogP contribution is -2.38. The Morgan fingerprint density at radius 1 is 1.21 bits per heavy atom. The molecule has 6 nitrogen and oxygen atoms in total. The molecule has 0 aromatic heterocycles. The number of ether oxygens (including phenoxy) is 2. The van der Waals surface area contributed by atoms with Crippen LogP contribution < -0.4 is 9.47 Å². The molecule has 1 unspecified atom stereocenters. The van der Waals surface area contributed by atoms with Gasteiger partial charge in [-0.05, 0) is 48.4 Å². The van der Waals surface area contributed by atoms with Crippen LogP contribution in [0.3, 0.4) is 0 Å². The third-order valence-corrected chi connectivity index (χ3v) is 6.57. The fraction of sp³-hybridized carbons (Fsp3) is 0.647. The van der Waals surface area contributed by atoms with Gasteiger partial charge in [0.2, 0.25) is 6.79 Å². The Bertz CT molecular complexity index is 792. The Hall–Kier alpha value is -1.31. The van der Waals surface area contributed by atoms with E-state index in [1.807, 2.05) is 0 Å². The molecule has 1 saturated carbocycles. The molecule has 5 atom stereocenters. The minimum atomic E-state index is -3.39. The van der Waals surface area contributed by atoms with Gasteiger partial charge in [0.1, 0.15) is 0 Å². The first kappa shape index (κ1) is 15.0. The molecule has 3 heterocycles. The molecule has 7 heteroatoms. The van der Waals surface area contributed by atoms with Gasteiger partial charge in [0.05, 0.1) is 12.4 Å². The minimum absolute atomic E-state index is 0.181. The van der Waals surface area contributed by atoms with Crippen LogP contribution in [-0.2, 0) is 20.8 Å². The van der Waals surface area contributed by atoms with E-state index in [2.05, 4.69) is 17.0 Å². The number of fused-ring (bicyclic) bond motifs is 8. The van der Waals surface area contributed by atoms with Crippen molar-refractivity contribution in [3.63, 3.8) is 0 Å². The highest BCUT2D eigenvalue weighted by Gasteiger charge is 2.49. The van der Waals surface area contributed by atoms with Crippen LogP contribution in [0.5, 0.6) is 11.5 Å². The van der Waals surface area contributed by atoms with Crippen molar-refractivity contribution in [3.05, 3.63) is 23.3 Å². The van der Waals surface area contributed by atoms with Crippen LogP contribution in [0.4, 0.5) is 0 Å². The molecular formula is C17H21NO5S. The van der Waals surface area contributed by atoms with Crippen LogP contribution in [0.2, 0.25) is 0 Å². The van der Waals surface area contributed by atoms with Crippen molar-refractivity contribution < 1.29 is 22.1 Å². The van der Waals surface area contributed by atoms with Crippen molar-refractivity contribution >= 4 is 10.1 Å². The van der Waals surface area contributed by atoms with Crippen molar-refractivity contribution in [2.24, 2.45) is 5.92 Å². The predicted octanol–water partition coefficient (Wildman–Crippen LogP) is 1.84. The molecule has 1 aromatic carbocycles. The van der Waals surface area contributed by atoms with Crippen molar-refractivity contribution in [1.82, 2.24) is 4.90 Å². The zero-order chi connectivity index (χ0) is 16.5. The van der Waals surface area contributed by atoms with E-state index in [9.17, 15) is 8.42 Å². The summed E-state index contributed by atoms with van der Waals surface area (Å²) in [5, 5.41) is 0. The van der Waals surface area contributed by atoms with Gasteiger partial charge in [-0.25, -0.2) is 0 Å². The van der Waals surface area contributed by atoms with Crippen LogP contribution in [0.1, 0.15) is 36.3 Å². The Balaban J connectivity index is 1.46. The summed E-state index contributed by atoms with van der Waals surface area (Å²) in [5.41, 5.74) is 2.67. The highest BCUT2D eigenvalue weighted by molar-refractivity contribution is 7.86. The van der Waals surface area contributed by atoms with Gasteiger partial charge in [0.15, 0.2) is 11.5 Å². The monoisotopic (exact) mass is 351 g/mol. The summed E-state index contributed by atoms with van der Waals surface area (Å²) in [5.74, 6) is 2.56. The van der Waals surface area contributed by atoms with Crippen LogP contribution in [0.25, 0.3) is 0 Å². The van der Waals surface area contributed by atoms with E-state index in [1.165, 1.54) is 11.1 Å². The molecule has 1 saturated heterocycles. The van der Waals surface area contributed by atoms with E-state index in [0.717, 1.165) is 50.1 Å². The summed E-state index contributed by atoms with van der Waals surface area (Å²) in [7, 11) is -3.39. The van der Waals surface area contributed by atoms with Crippen molar-refractivity contribution in [2.45, 2.75) is 43.9 Å². The summed E-state index contributed by atoms with van der Waals surface area (Å²) in [6.07, 6.45) is 3.59.